The second-order valence-electron chi connectivity index (χ2n) is 4.68. The predicted molar refractivity (Wildman–Crippen MR) is 83.8 cm³/mol. The van der Waals surface area contributed by atoms with Crippen molar-refractivity contribution in [1.82, 2.24) is 5.32 Å². The van der Waals surface area contributed by atoms with Crippen molar-refractivity contribution >= 4 is 23.2 Å². The van der Waals surface area contributed by atoms with E-state index in [1.165, 1.54) is 18.2 Å². The van der Waals surface area contributed by atoms with Crippen LogP contribution in [0.25, 0.3) is 0 Å². The molecule has 0 aliphatic heterocycles. The van der Waals surface area contributed by atoms with Crippen molar-refractivity contribution in [2.24, 2.45) is 0 Å². The number of non-ortho nitro benzene ring substituents is 1. The summed E-state index contributed by atoms with van der Waals surface area (Å²) in [6.07, 6.45) is 0.834. The van der Waals surface area contributed by atoms with Gasteiger partial charge in [-0.15, -0.1) is 0 Å². The lowest BCUT2D eigenvalue weighted by molar-refractivity contribution is -0.384. The Kier molecular flexibility index (Phi) is 5.59. The van der Waals surface area contributed by atoms with Crippen LogP contribution in [0.4, 0.5) is 5.69 Å². The molecule has 1 aromatic heterocycles. The van der Waals surface area contributed by atoms with Crippen LogP contribution in [0.5, 0.6) is 5.75 Å². The first kappa shape index (κ1) is 16.8. The smallest absolute Gasteiger partial charge is 0.286 e. The maximum absolute atomic E-state index is 11.7. The molecule has 1 N–H and O–H groups in total. The lowest BCUT2D eigenvalue weighted by Crippen LogP contribution is -2.23. The zero-order valence-electron chi connectivity index (χ0n) is 12.4. The van der Waals surface area contributed by atoms with Crippen molar-refractivity contribution < 1.29 is 18.9 Å². The summed E-state index contributed by atoms with van der Waals surface area (Å²) in [5.74, 6) is 0.657. The Balaban J connectivity index is 1.97. The molecule has 0 bridgehead atoms. The van der Waals surface area contributed by atoms with Gasteiger partial charge in [-0.05, 0) is 24.6 Å². The van der Waals surface area contributed by atoms with Gasteiger partial charge in [0.05, 0.1) is 9.95 Å². The highest BCUT2D eigenvalue weighted by Crippen LogP contribution is 2.29. The Labute approximate surface area is 137 Å². The average Bonchev–Trinajstić information content (AvgIpc) is 3.00. The molecule has 23 heavy (non-hydrogen) atoms. The highest BCUT2D eigenvalue weighted by atomic mass is 35.5. The van der Waals surface area contributed by atoms with E-state index in [-0.39, 0.29) is 29.0 Å². The van der Waals surface area contributed by atoms with Crippen LogP contribution in [0.1, 0.15) is 29.7 Å². The van der Waals surface area contributed by atoms with Crippen molar-refractivity contribution in [3.05, 3.63) is 57.0 Å². The average molecular weight is 339 g/mol. The van der Waals surface area contributed by atoms with Gasteiger partial charge in [-0.1, -0.05) is 18.5 Å². The van der Waals surface area contributed by atoms with Gasteiger partial charge in [0.2, 0.25) is 0 Å². The Morgan fingerprint density at radius 3 is 2.83 bits per heavy atom. The molecule has 0 unspecified atom stereocenters. The first-order valence-electron chi connectivity index (χ1n) is 6.95. The van der Waals surface area contributed by atoms with E-state index in [0.29, 0.717) is 18.1 Å². The third kappa shape index (κ3) is 4.46. The van der Waals surface area contributed by atoms with E-state index < -0.39 is 4.92 Å². The molecule has 8 heteroatoms. The Morgan fingerprint density at radius 1 is 1.39 bits per heavy atom. The Hall–Kier alpha value is -2.54. The zero-order valence-corrected chi connectivity index (χ0v) is 13.1. The first-order chi connectivity index (χ1) is 11.0. The molecule has 1 amide bonds. The van der Waals surface area contributed by atoms with Crippen LogP contribution in [0.15, 0.2) is 34.7 Å². The molecule has 2 rings (SSSR count). The molecule has 0 aliphatic rings. The molecule has 0 spiro atoms. The highest BCUT2D eigenvalue weighted by molar-refractivity contribution is 6.32. The topological polar surface area (TPSA) is 94.6 Å². The van der Waals surface area contributed by atoms with Crippen LogP contribution in [0.3, 0.4) is 0 Å². The fraction of sp³-hybridized carbons (Fsp3) is 0.267. The molecule has 1 aromatic carbocycles. The van der Waals surface area contributed by atoms with Crippen LogP contribution in [-0.4, -0.2) is 17.4 Å². The number of nitrogens with zero attached hydrogens (tertiary/aromatic N) is 1. The van der Waals surface area contributed by atoms with Gasteiger partial charge in [0, 0.05) is 18.7 Å². The molecule has 0 radical (unpaired) electrons. The zero-order chi connectivity index (χ0) is 16.8. The van der Waals surface area contributed by atoms with E-state index in [4.69, 9.17) is 20.8 Å². The number of benzene rings is 1. The summed E-state index contributed by atoms with van der Waals surface area (Å²) in [7, 11) is 0. The molecular formula is C15H15ClN2O5. The molecule has 122 valence electrons. The molecule has 7 nitrogen and oxygen atoms in total. The van der Waals surface area contributed by atoms with Crippen molar-refractivity contribution in [2.75, 3.05) is 6.54 Å². The minimum absolute atomic E-state index is 0.0542. The Morgan fingerprint density at radius 2 is 2.17 bits per heavy atom. The minimum Gasteiger partial charge on any atom is -0.484 e. The number of hydrogen-bond acceptors (Lipinski definition) is 5. The van der Waals surface area contributed by atoms with Crippen molar-refractivity contribution in [2.45, 2.75) is 20.0 Å². The molecule has 0 atom stereocenters. The number of carbonyl (C=O) groups is 1. The summed E-state index contributed by atoms with van der Waals surface area (Å²) in [4.78, 5) is 21.8. The van der Waals surface area contributed by atoms with Gasteiger partial charge < -0.3 is 14.5 Å². The van der Waals surface area contributed by atoms with Gasteiger partial charge >= 0.3 is 0 Å². The normalized spacial score (nSPS) is 10.3. The number of nitro benzene ring substituents is 1. The summed E-state index contributed by atoms with van der Waals surface area (Å²) in [6.45, 7) is 2.58. The first-order valence-corrected chi connectivity index (χ1v) is 7.32. The minimum atomic E-state index is -0.538. The Bertz CT molecular complexity index is 714. The lowest BCUT2D eigenvalue weighted by atomic mass is 10.3. The van der Waals surface area contributed by atoms with Gasteiger partial charge in [0.1, 0.15) is 18.1 Å². The number of ether oxygens (including phenoxy) is 1. The van der Waals surface area contributed by atoms with Crippen LogP contribution in [0.2, 0.25) is 5.02 Å². The van der Waals surface area contributed by atoms with E-state index in [9.17, 15) is 14.9 Å². The van der Waals surface area contributed by atoms with Crippen LogP contribution in [0, 0.1) is 10.1 Å². The fourth-order valence-corrected chi connectivity index (χ4v) is 2.00. The third-order valence-electron chi connectivity index (χ3n) is 2.92. The van der Waals surface area contributed by atoms with E-state index >= 15 is 0 Å². The molecular weight excluding hydrogens is 324 g/mol. The number of carbonyl (C=O) groups excluding carboxylic acids is 1. The van der Waals surface area contributed by atoms with Gasteiger partial charge in [0.15, 0.2) is 5.76 Å². The molecule has 0 aliphatic carbocycles. The van der Waals surface area contributed by atoms with Crippen molar-refractivity contribution in [3.8, 4) is 5.75 Å². The maximum atomic E-state index is 11.7. The van der Waals surface area contributed by atoms with Gasteiger partial charge in [-0.3, -0.25) is 14.9 Å². The predicted octanol–water partition coefficient (Wildman–Crippen LogP) is 3.56. The van der Waals surface area contributed by atoms with Gasteiger partial charge in [0.25, 0.3) is 11.6 Å². The van der Waals surface area contributed by atoms with E-state index in [0.717, 1.165) is 6.42 Å². The largest absolute Gasteiger partial charge is 0.484 e. The van der Waals surface area contributed by atoms with Gasteiger partial charge in [-0.25, -0.2) is 0 Å². The number of halogens is 1. The second-order valence-corrected chi connectivity index (χ2v) is 5.09. The quantitative estimate of drug-likeness (QED) is 0.615. The number of furan rings is 1. The number of amides is 1. The van der Waals surface area contributed by atoms with Crippen LogP contribution < -0.4 is 10.1 Å². The molecule has 2 aromatic rings. The molecule has 1 heterocycles. The molecule has 0 fully saturated rings. The SMILES string of the molecule is CCCNC(=O)c1ccc(COc2ccc([N+](=O)[O-])cc2Cl)o1. The summed E-state index contributed by atoms with van der Waals surface area (Å²) in [6, 6.07) is 7.11. The summed E-state index contributed by atoms with van der Waals surface area (Å²) >= 11 is 5.93. The van der Waals surface area contributed by atoms with E-state index in [1.54, 1.807) is 12.1 Å². The summed E-state index contributed by atoms with van der Waals surface area (Å²) in [5, 5.41) is 13.5. The van der Waals surface area contributed by atoms with Crippen LogP contribution >= 0.6 is 11.6 Å². The number of nitrogens with one attached hydrogen (secondary N) is 1. The number of hydrogen-bond donors (Lipinski definition) is 1. The van der Waals surface area contributed by atoms with Gasteiger partial charge in [-0.2, -0.15) is 0 Å². The maximum Gasteiger partial charge on any atom is 0.286 e. The highest BCUT2D eigenvalue weighted by Gasteiger charge is 2.13. The van der Waals surface area contributed by atoms with Crippen LogP contribution in [-0.2, 0) is 6.61 Å². The number of rotatable bonds is 7. The van der Waals surface area contributed by atoms with Crippen molar-refractivity contribution in [3.63, 3.8) is 0 Å². The van der Waals surface area contributed by atoms with Crippen molar-refractivity contribution in [1.29, 1.82) is 0 Å². The monoisotopic (exact) mass is 338 g/mol. The summed E-state index contributed by atoms with van der Waals surface area (Å²) in [5.41, 5.74) is -0.116. The standard InChI is InChI=1S/C15H15ClN2O5/c1-2-7-17-15(19)14-6-4-11(23-14)9-22-13-5-3-10(18(20)21)8-12(13)16/h3-6,8H,2,7,9H2,1H3,(H,17,19). The third-order valence-corrected chi connectivity index (χ3v) is 3.21. The van der Waals surface area contributed by atoms with E-state index in [1.807, 2.05) is 6.92 Å². The lowest BCUT2D eigenvalue weighted by Gasteiger charge is -2.06. The second kappa shape index (κ2) is 7.64. The molecule has 0 saturated carbocycles. The van der Waals surface area contributed by atoms with E-state index in [2.05, 4.69) is 5.32 Å². The fourth-order valence-electron chi connectivity index (χ4n) is 1.77. The summed E-state index contributed by atoms with van der Waals surface area (Å²) < 4.78 is 10.8. The molecule has 0 saturated heterocycles. The number of nitro groups is 1.